The number of ether oxygens (including phenoxy) is 2. The van der Waals surface area contributed by atoms with Gasteiger partial charge in [-0.05, 0) is 103 Å². The maximum Gasteiger partial charge on any atom is 0.407 e. The molecule has 0 aliphatic heterocycles. The molecule has 17 heteroatoms. The number of carbonyl (C=O) groups excluding carboxylic acids is 2. The molecule has 0 aromatic heterocycles. The molecule has 0 radical (unpaired) electrons. The second-order valence-electron chi connectivity index (χ2n) is 17.0. The second-order valence-corrected chi connectivity index (χ2v) is 21.3. The number of hydrogen-bond donors (Lipinski definition) is 2. The van der Waals surface area contributed by atoms with Gasteiger partial charge in [-0.2, -0.15) is 0 Å². The Kier molecular flexibility index (Phi) is 26.4. The average Bonchev–Trinajstić information content (AvgIpc) is 3.08. The molecule has 0 saturated carbocycles. The first-order valence-electron chi connectivity index (χ1n) is 20.8. The van der Waals surface area contributed by atoms with Crippen molar-refractivity contribution in [1.29, 1.82) is 0 Å². The fourth-order valence-electron chi connectivity index (χ4n) is 6.22. The molecule has 2 rings (SSSR count). The SMILES string of the molecule is CC(C)(C)OC(=O)N[C@H](Cc1ccccc1F)CS(=O)(=O)Cl.CC(C)(C)OC(=O)N[C@H](Cc1ccccc1F)CS(=O)(=O)[O-].CCCC[N+](CCC)(CCCC)CCCC. The number of quaternary nitrogens is 1. The van der Waals surface area contributed by atoms with Crippen molar-refractivity contribution in [1.82, 2.24) is 10.6 Å². The minimum Gasteiger partial charge on any atom is -0.748 e. The predicted octanol–water partition coefficient (Wildman–Crippen LogP) is 9.25. The summed E-state index contributed by atoms with van der Waals surface area (Å²) in [5, 5.41) is 4.71. The number of amides is 2. The number of alkyl carbamates (subject to hydrolysis) is 2. The summed E-state index contributed by atoms with van der Waals surface area (Å²) < 4.78 is 94.1. The van der Waals surface area contributed by atoms with Gasteiger partial charge in [0, 0.05) is 16.7 Å². The summed E-state index contributed by atoms with van der Waals surface area (Å²) in [5.74, 6) is -2.39. The number of nitrogens with one attached hydrogen (secondary N) is 2. The third kappa shape index (κ3) is 29.2. The monoisotopic (exact) mass is 911 g/mol. The molecule has 0 bridgehead atoms. The van der Waals surface area contributed by atoms with E-state index in [1.54, 1.807) is 53.7 Å². The zero-order chi connectivity index (χ0) is 46.2. The summed E-state index contributed by atoms with van der Waals surface area (Å²) in [4.78, 5) is 23.5. The molecular weight excluding hydrogens is 840 g/mol. The minimum atomic E-state index is -4.59. The number of unbranched alkanes of at least 4 members (excludes halogenated alkanes) is 3. The van der Waals surface area contributed by atoms with Gasteiger partial charge in [0.2, 0.25) is 9.05 Å². The zero-order valence-electron chi connectivity index (χ0n) is 37.5. The fraction of sp³-hybridized carbons (Fsp3) is 0.674. The van der Waals surface area contributed by atoms with E-state index < -0.39 is 77.8 Å². The Morgan fingerprint density at radius 2 is 1.00 bits per heavy atom. The fourth-order valence-corrected chi connectivity index (χ4v) is 8.05. The van der Waals surface area contributed by atoms with Crippen molar-refractivity contribution in [3.63, 3.8) is 0 Å². The zero-order valence-corrected chi connectivity index (χ0v) is 39.8. The Morgan fingerprint density at radius 1 is 0.650 bits per heavy atom. The standard InChI is InChI=1S/C15H34N.C14H19ClFNO4S.C14H20FNO5S/c1-5-9-13-16(12-8-4,14-10-6-2)15-11-7-3;1-14(2,3)21-13(18)17-11(9-22(15,19)20)8-10-6-4-5-7-12(10)16;1-14(2,3)21-13(17)16-11(9-22(18,19)20)8-10-6-4-5-7-12(10)15/h5-15H2,1-4H3;4-7,11H,8-9H2,1-3H3,(H,17,18);4-7,11H,8-9H2,1-3H3,(H,16,17)(H,18,19,20)/q+1;;/p-1/t;2*11-/m.11/s1. The summed E-state index contributed by atoms with van der Waals surface area (Å²) in [6.45, 7) is 24.9. The average molecular weight is 913 g/mol. The topological polar surface area (TPSA) is 168 Å². The van der Waals surface area contributed by atoms with Gasteiger partial charge in [-0.3, -0.25) is 0 Å². The molecule has 0 saturated heterocycles. The highest BCUT2D eigenvalue weighted by Crippen LogP contribution is 2.17. The van der Waals surface area contributed by atoms with Crippen LogP contribution in [0.5, 0.6) is 0 Å². The first kappa shape index (κ1) is 57.0. The Balaban J connectivity index is 0.000000884. The van der Waals surface area contributed by atoms with E-state index in [0.717, 1.165) is 0 Å². The summed E-state index contributed by atoms with van der Waals surface area (Å²) in [5.41, 5.74) is -1.02. The smallest absolute Gasteiger partial charge is 0.407 e. The van der Waals surface area contributed by atoms with Crippen LogP contribution in [0.2, 0.25) is 0 Å². The molecule has 0 fully saturated rings. The highest BCUT2D eigenvalue weighted by Gasteiger charge is 2.26. The van der Waals surface area contributed by atoms with E-state index in [0.29, 0.717) is 0 Å². The molecule has 0 unspecified atom stereocenters. The van der Waals surface area contributed by atoms with Gasteiger partial charge < -0.3 is 29.1 Å². The Hall–Kier alpha value is -3.05. The van der Waals surface area contributed by atoms with E-state index in [1.165, 1.54) is 112 Å². The van der Waals surface area contributed by atoms with Gasteiger partial charge in [-0.15, -0.1) is 0 Å². The van der Waals surface area contributed by atoms with Crippen molar-refractivity contribution >= 4 is 42.0 Å². The van der Waals surface area contributed by atoms with Crippen molar-refractivity contribution in [3.8, 4) is 0 Å². The van der Waals surface area contributed by atoms with E-state index in [1.807, 2.05) is 0 Å². The van der Waals surface area contributed by atoms with Gasteiger partial charge in [-0.1, -0.05) is 83.4 Å². The number of halogens is 3. The summed E-state index contributed by atoms with van der Waals surface area (Å²) >= 11 is 0. The Morgan fingerprint density at radius 3 is 1.28 bits per heavy atom. The normalized spacial score (nSPS) is 13.1. The molecule has 0 heterocycles. The quantitative estimate of drug-likeness (QED) is 0.0705. The van der Waals surface area contributed by atoms with E-state index in [2.05, 4.69) is 38.3 Å². The van der Waals surface area contributed by atoms with Gasteiger partial charge in [0.15, 0.2) is 0 Å². The lowest BCUT2D eigenvalue weighted by Gasteiger charge is -2.39. The molecule has 2 aromatic carbocycles. The van der Waals surface area contributed by atoms with Crippen LogP contribution < -0.4 is 10.6 Å². The number of carbonyl (C=O) groups is 2. The first-order chi connectivity index (χ1) is 27.7. The maximum atomic E-state index is 13.7. The second kappa shape index (κ2) is 27.8. The molecule has 2 amide bonds. The van der Waals surface area contributed by atoms with Crippen molar-refractivity contribution in [3.05, 3.63) is 71.3 Å². The van der Waals surface area contributed by atoms with Gasteiger partial charge in [0.05, 0.1) is 53.8 Å². The molecule has 0 aliphatic rings. The lowest BCUT2D eigenvalue weighted by atomic mass is 10.1. The number of rotatable bonds is 21. The third-order valence-electron chi connectivity index (χ3n) is 8.75. The minimum absolute atomic E-state index is 0.0160. The van der Waals surface area contributed by atoms with E-state index in [-0.39, 0.29) is 24.0 Å². The van der Waals surface area contributed by atoms with Crippen LogP contribution in [0.4, 0.5) is 18.4 Å². The van der Waals surface area contributed by atoms with Gasteiger partial charge in [-0.25, -0.2) is 35.2 Å². The Labute approximate surface area is 364 Å². The Bertz CT molecular complexity index is 1640. The van der Waals surface area contributed by atoms with E-state index in [4.69, 9.17) is 20.2 Å². The summed E-state index contributed by atoms with van der Waals surface area (Å²) in [6, 6.07) is 9.68. The van der Waals surface area contributed by atoms with Crippen molar-refractivity contribution in [2.75, 3.05) is 37.7 Å². The lowest BCUT2D eigenvalue weighted by Crippen LogP contribution is -2.50. The van der Waals surface area contributed by atoms with Gasteiger partial charge >= 0.3 is 12.2 Å². The van der Waals surface area contributed by atoms with Crippen LogP contribution in [0.15, 0.2) is 48.5 Å². The molecule has 2 N–H and O–H groups in total. The molecular formula is C43H72ClF2N3O9S2. The van der Waals surface area contributed by atoms with Gasteiger partial charge in [0.1, 0.15) is 22.8 Å². The summed E-state index contributed by atoms with van der Waals surface area (Å²) in [7, 11) is -3.22. The van der Waals surface area contributed by atoms with Gasteiger partial charge in [0.25, 0.3) is 0 Å². The van der Waals surface area contributed by atoms with Crippen LogP contribution in [0.1, 0.15) is 125 Å². The highest BCUT2D eigenvalue weighted by atomic mass is 35.7. The predicted molar refractivity (Wildman–Crippen MR) is 235 cm³/mol. The van der Waals surface area contributed by atoms with Crippen LogP contribution >= 0.6 is 10.7 Å². The molecule has 2 aromatic rings. The number of nitrogens with zero attached hydrogens (tertiary/aromatic N) is 1. The molecule has 346 valence electrons. The maximum absolute atomic E-state index is 13.7. The van der Waals surface area contributed by atoms with Crippen LogP contribution in [-0.2, 0) is 41.5 Å². The molecule has 60 heavy (non-hydrogen) atoms. The molecule has 0 spiro atoms. The van der Waals surface area contributed by atoms with Crippen LogP contribution in [0.3, 0.4) is 0 Å². The highest BCUT2D eigenvalue weighted by molar-refractivity contribution is 8.13. The van der Waals surface area contributed by atoms with E-state index >= 15 is 0 Å². The number of benzene rings is 2. The summed E-state index contributed by atoms with van der Waals surface area (Å²) in [6.07, 6.45) is 7.83. The lowest BCUT2D eigenvalue weighted by molar-refractivity contribution is -0.928. The third-order valence-corrected chi connectivity index (χ3v) is 10.7. The molecule has 12 nitrogen and oxygen atoms in total. The van der Waals surface area contributed by atoms with Crippen molar-refractivity contribution in [2.24, 2.45) is 0 Å². The molecule has 0 aliphatic carbocycles. The number of hydrogen-bond acceptors (Lipinski definition) is 9. The largest absolute Gasteiger partial charge is 0.748 e. The van der Waals surface area contributed by atoms with Crippen LogP contribution in [0, 0.1) is 11.6 Å². The molecule has 2 atom stereocenters. The van der Waals surface area contributed by atoms with Crippen molar-refractivity contribution in [2.45, 2.75) is 150 Å². The first-order valence-corrected chi connectivity index (χ1v) is 24.9. The van der Waals surface area contributed by atoms with Crippen molar-refractivity contribution < 1.29 is 53.7 Å². The van der Waals surface area contributed by atoms with E-state index in [9.17, 15) is 39.8 Å². The van der Waals surface area contributed by atoms with Crippen LogP contribution in [0.25, 0.3) is 0 Å². The van der Waals surface area contributed by atoms with Crippen LogP contribution in [-0.4, -0.2) is 99.0 Å².